The molecule has 0 saturated carbocycles. The molecule has 4 unspecified atom stereocenters. The van der Waals surface area contributed by atoms with Crippen molar-refractivity contribution in [3.8, 4) is 22.3 Å². The molecule has 2 fully saturated rings. The summed E-state index contributed by atoms with van der Waals surface area (Å²) in [6.07, 6.45) is 2.82. The molecule has 2 N–H and O–H groups in total. The number of nitrogens with zero attached hydrogens (tertiary/aromatic N) is 2. The lowest BCUT2D eigenvalue weighted by molar-refractivity contribution is -0.152. The van der Waals surface area contributed by atoms with Crippen LogP contribution in [0.2, 0.25) is 0 Å². The van der Waals surface area contributed by atoms with E-state index in [9.17, 15) is 36.0 Å². The molecule has 2 aliphatic heterocycles. The number of rotatable bonds is 24. The van der Waals surface area contributed by atoms with E-state index in [0.717, 1.165) is 33.4 Å². The molecule has 2 amide bonds. The number of benzene rings is 7. The van der Waals surface area contributed by atoms with Gasteiger partial charge in [-0.05, 0) is 94.5 Å². The van der Waals surface area contributed by atoms with Gasteiger partial charge in [-0.25, -0.2) is 26.4 Å². The Morgan fingerprint density at radius 1 is 0.402 bits per heavy atom. The minimum absolute atomic E-state index is 0.0519. The highest BCUT2D eigenvalue weighted by atomic mass is 32.2. The number of sulfonamides is 2. The van der Waals surface area contributed by atoms with E-state index in [1.165, 1.54) is 32.9 Å². The number of carbonyl (C=O) groups excluding carboxylic acids is 4. The van der Waals surface area contributed by atoms with Crippen molar-refractivity contribution >= 4 is 43.8 Å². The van der Waals surface area contributed by atoms with Crippen molar-refractivity contribution in [3.63, 3.8) is 0 Å². The number of ether oxygens (including phenoxy) is 4. The Labute approximate surface area is 479 Å². The van der Waals surface area contributed by atoms with Crippen LogP contribution >= 0.6 is 0 Å². The summed E-state index contributed by atoms with van der Waals surface area (Å²) in [5.74, 6) is -2.89. The molecule has 0 radical (unpaired) electrons. The number of hydrogen-bond donors (Lipinski definition) is 2. The number of carbonyl (C=O) groups is 4. The highest BCUT2D eigenvalue weighted by Crippen LogP contribution is 2.30. The molecular weight excluding hydrogens is 1080 g/mol. The highest BCUT2D eigenvalue weighted by molar-refractivity contribution is 7.89. The van der Waals surface area contributed by atoms with E-state index < -0.39 is 68.0 Å². The van der Waals surface area contributed by atoms with Crippen LogP contribution in [0.4, 0.5) is 0 Å². The molecule has 2 aliphatic rings. The minimum atomic E-state index is -4.12. The maximum absolute atomic E-state index is 14.1. The Balaban J connectivity index is 0.825. The SMILES string of the molecule is O=C(OCc1ccc(COC(=O)C(COCc2ccccc2)NC(=O)C2CCCCN2S(=O)(=O)c2ccc(-c3ccccc3)cc2)cc1)C(COCc1ccccc1)NC(=O)C1CCCCN1S(=O)(=O)c1ccc(-c2ccccc2)cc1. The molecule has 7 aromatic carbocycles. The van der Waals surface area contributed by atoms with E-state index in [-0.39, 0.29) is 75.4 Å². The van der Waals surface area contributed by atoms with E-state index in [2.05, 4.69) is 10.6 Å². The fourth-order valence-electron chi connectivity index (χ4n) is 9.93. The summed E-state index contributed by atoms with van der Waals surface area (Å²) in [7, 11) is -8.23. The third-order valence-corrected chi connectivity index (χ3v) is 18.3. The molecule has 0 aliphatic carbocycles. The van der Waals surface area contributed by atoms with Crippen LogP contribution in [0.25, 0.3) is 22.3 Å². The lowest BCUT2D eigenvalue weighted by Crippen LogP contribution is -2.56. The van der Waals surface area contributed by atoms with Crippen molar-refractivity contribution in [3.05, 3.63) is 216 Å². The zero-order valence-corrected chi connectivity index (χ0v) is 46.9. The van der Waals surface area contributed by atoms with Crippen LogP contribution in [0.5, 0.6) is 0 Å². The molecule has 2 saturated heterocycles. The number of esters is 2. The standard InChI is InChI=1S/C64H66N4O12S2/c69-61(59-25-13-15-39-67(59)81(73,74)55-35-31-53(32-36-55)51-21-9-3-10-22-51)65-57(45-77-41-47-17-5-1-6-18-47)63(71)79-43-49-27-29-50(30-28-49)44-80-64(72)58(46-78-42-48-19-7-2-8-20-48)66-62(70)60-26-14-16-40-68(60)82(75,76)56-37-33-54(34-38-56)52-23-11-4-12-24-52/h1-12,17-24,27-38,57-60H,13-16,25-26,39-46H2,(H,65,69)(H,66,70). The van der Waals surface area contributed by atoms with Crippen LogP contribution < -0.4 is 10.6 Å². The normalized spacial score (nSPS) is 16.7. The molecule has 0 aromatic heterocycles. The number of amides is 2. The van der Waals surface area contributed by atoms with Crippen LogP contribution in [0.3, 0.4) is 0 Å². The minimum Gasteiger partial charge on any atom is -0.459 e. The maximum Gasteiger partial charge on any atom is 0.331 e. The van der Waals surface area contributed by atoms with E-state index in [4.69, 9.17) is 18.9 Å². The van der Waals surface area contributed by atoms with Gasteiger partial charge in [0.1, 0.15) is 25.3 Å². The van der Waals surface area contributed by atoms with Gasteiger partial charge in [0.2, 0.25) is 31.9 Å². The quantitative estimate of drug-likeness (QED) is 0.0545. The van der Waals surface area contributed by atoms with Crippen molar-refractivity contribution in [2.45, 2.75) is 98.9 Å². The summed E-state index contributed by atoms with van der Waals surface area (Å²) in [4.78, 5) is 56.2. The van der Waals surface area contributed by atoms with Crippen molar-refractivity contribution in [2.24, 2.45) is 0 Å². The van der Waals surface area contributed by atoms with E-state index in [1.54, 1.807) is 48.5 Å². The van der Waals surface area contributed by atoms with Gasteiger partial charge >= 0.3 is 11.9 Å². The molecule has 2 heterocycles. The van der Waals surface area contributed by atoms with Gasteiger partial charge < -0.3 is 29.6 Å². The van der Waals surface area contributed by atoms with Gasteiger partial charge in [0.05, 0.1) is 36.2 Å². The van der Waals surface area contributed by atoms with E-state index >= 15 is 0 Å². The van der Waals surface area contributed by atoms with Crippen molar-refractivity contribution < 1.29 is 55.0 Å². The van der Waals surface area contributed by atoms with Crippen molar-refractivity contribution in [1.29, 1.82) is 0 Å². The summed E-state index contributed by atoms with van der Waals surface area (Å²) >= 11 is 0. The first kappa shape index (κ1) is 58.8. The molecule has 0 spiro atoms. The smallest absolute Gasteiger partial charge is 0.331 e. The van der Waals surface area contributed by atoms with Crippen molar-refractivity contribution in [2.75, 3.05) is 26.3 Å². The Morgan fingerprint density at radius 2 is 0.720 bits per heavy atom. The van der Waals surface area contributed by atoms with E-state index in [1.807, 2.05) is 121 Å². The first-order chi connectivity index (χ1) is 39.8. The van der Waals surface area contributed by atoms with Crippen LogP contribution in [0, 0.1) is 0 Å². The van der Waals surface area contributed by atoms with Gasteiger partial charge in [0.25, 0.3) is 0 Å². The van der Waals surface area contributed by atoms with Gasteiger partial charge in [-0.2, -0.15) is 8.61 Å². The van der Waals surface area contributed by atoms with Gasteiger partial charge in [0.15, 0.2) is 12.1 Å². The topological polar surface area (TPSA) is 204 Å². The van der Waals surface area contributed by atoms with Gasteiger partial charge in [-0.1, -0.05) is 183 Å². The Kier molecular flexibility index (Phi) is 20.2. The largest absolute Gasteiger partial charge is 0.459 e. The van der Waals surface area contributed by atoms with Crippen LogP contribution in [-0.2, 0) is 84.6 Å². The molecule has 4 atom stereocenters. The predicted molar refractivity (Wildman–Crippen MR) is 309 cm³/mol. The van der Waals surface area contributed by atoms with Gasteiger partial charge in [0, 0.05) is 13.1 Å². The zero-order valence-electron chi connectivity index (χ0n) is 45.3. The third kappa shape index (κ3) is 15.4. The second-order valence-corrected chi connectivity index (χ2v) is 24.0. The van der Waals surface area contributed by atoms with Crippen molar-refractivity contribution in [1.82, 2.24) is 19.2 Å². The average molecular weight is 1150 g/mol. The summed E-state index contributed by atoms with van der Waals surface area (Å²) in [6.45, 7) is -0.405. The lowest BCUT2D eigenvalue weighted by atomic mass is 10.0. The maximum atomic E-state index is 14.1. The Bertz CT molecular complexity index is 3220. The van der Waals surface area contributed by atoms with Crippen LogP contribution in [-0.4, -0.2) is 99.7 Å². The molecule has 7 aromatic rings. The monoisotopic (exact) mass is 1150 g/mol. The summed E-state index contributed by atoms with van der Waals surface area (Å²) in [5.41, 5.74) is 6.38. The Morgan fingerprint density at radius 3 is 1.07 bits per heavy atom. The lowest BCUT2D eigenvalue weighted by Gasteiger charge is -2.34. The average Bonchev–Trinajstić information content (AvgIpc) is 3.25. The number of hydrogen-bond acceptors (Lipinski definition) is 12. The molecule has 18 heteroatoms. The fraction of sp³-hybridized carbons (Fsp3) is 0.281. The fourth-order valence-corrected chi connectivity index (χ4v) is 13.2. The molecule has 9 rings (SSSR count). The Hall–Kier alpha value is -7.84. The van der Waals surface area contributed by atoms with Crippen LogP contribution in [0.1, 0.15) is 60.8 Å². The second kappa shape index (κ2) is 28.2. The number of nitrogens with one attached hydrogen (secondary N) is 2. The number of piperidine rings is 2. The van der Waals surface area contributed by atoms with Crippen LogP contribution in [0.15, 0.2) is 204 Å². The first-order valence-electron chi connectivity index (χ1n) is 27.4. The predicted octanol–water partition coefficient (Wildman–Crippen LogP) is 9.00. The molecule has 0 bridgehead atoms. The summed E-state index contributed by atoms with van der Waals surface area (Å²) in [6, 6.07) is 52.8. The molecule has 426 valence electrons. The summed E-state index contributed by atoms with van der Waals surface area (Å²) < 4.78 is 82.3. The zero-order chi connectivity index (χ0) is 57.3. The van der Waals surface area contributed by atoms with Gasteiger partial charge in [-0.3, -0.25) is 9.59 Å². The highest BCUT2D eigenvalue weighted by Gasteiger charge is 2.41. The second-order valence-electron chi connectivity index (χ2n) is 20.2. The molecular formula is C64H66N4O12S2. The molecule has 16 nitrogen and oxygen atoms in total. The molecule has 82 heavy (non-hydrogen) atoms. The van der Waals surface area contributed by atoms with Gasteiger partial charge in [-0.15, -0.1) is 0 Å². The van der Waals surface area contributed by atoms with E-state index in [0.29, 0.717) is 36.8 Å². The summed E-state index contributed by atoms with van der Waals surface area (Å²) in [5, 5.41) is 5.51. The first-order valence-corrected chi connectivity index (χ1v) is 30.3. The third-order valence-electron chi connectivity index (χ3n) is 14.4.